The van der Waals surface area contributed by atoms with Crippen molar-refractivity contribution in [3.8, 4) is 11.5 Å². The topological polar surface area (TPSA) is 51.7 Å². The van der Waals surface area contributed by atoms with Crippen molar-refractivity contribution in [3.63, 3.8) is 0 Å². The SMILES string of the molecule is O=C(Oc1ccc(OCc2ccccc2)cc1)c1c2c(nc3ccccc13)CCN(Cc1ccccc1)C2. The summed E-state index contributed by atoms with van der Waals surface area (Å²) in [6.07, 6.45) is 0.792. The molecule has 0 saturated carbocycles. The second-order valence-corrected chi connectivity index (χ2v) is 9.51. The largest absolute Gasteiger partial charge is 0.489 e. The van der Waals surface area contributed by atoms with Crippen molar-refractivity contribution in [1.29, 1.82) is 0 Å². The van der Waals surface area contributed by atoms with Gasteiger partial charge >= 0.3 is 5.97 Å². The van der Waals surface area contributed by atoms with Crippen LogP contribution in [0.15, 0.2) is 109 Å². The molecular weight excluding hydrogens is 472 g/mol. The first-order valence-electron chi connectivity index (χ1n) is 12.9. The maximum absolute atomic E-state index is 13.7. The molecule has 38 heavy (non-hydrogen) atoms. The van der Waals surface area contributed by atoms with Gasteiger partial charge in [0.1, 0.15) is 18.1 Å². The number of aromatic nitrogens is 1. The molecule has 0 N–H and O–H groups in total. The van der Waals surface area contributed by atoms with Crippen molar-refractivity contribution >= 4 is 16.9 Å². The molecule has 0 radical (unpaired) electrons. The summed E-state index contributed by atoms with van der Waals surface area (Å²) in [6.45, 7) is 2.85. The molecule has 0 unspecified atom stereocenters. The van der Waals surface area contributed by atoms with Gasteiger partial charge in [0.25, 0.3) is 0 Å². The van der Waals surface area contributed by atoms with Crippen molar-refractivity contribution in [2.75, 3.05) is 6.54 Å². The number of fused-ring (bicyclic) bond motifs is 2. The van der Waals surface area contributed by atoms with Crippen LogP contribution in [-0.4, -0.2) is 22.4 Å². The van der Waals surface area contributed by atoms with Gasteiger partial charge in [-0.3, -0.25) is 9.88 Å². The zero-order valence-corrected chi connectivity index (χ0v) is 21.0. The van der Waals surface area contributed by atoms with E-state index in [4.69, 9.17) is 14.5 Å². The summed E-state index contributed by atoms with van der Waals surface area (Å²) >= 11 is 0. The van der Waals surface area contributed by atoms with E-state index in [0.717, 1.165) is 53.0 Å². The van der Waals surface area contributed by atoms with Gasteiger partial charge < -0.3 is 9.47 Å². The fourth-order valence-corrected chi connectivity index (χ4v) is 4.96. The van der Waals surface area contributed by atoms with Gasteiger partial charge in [0.2, 0.25) is 0 Å². The number of ether oxygens (including phenoxy) is 2. The first kappa shape index (κ1) is 23.9. The third kappa shape index (κ3) is 5.29. The molecule has 2 heterocycles. The van der Waals surface area contributed by atoms with Crippen LogP contribution >= 0.6 is 0 Å². The van der Waals surface area contributed by atoms with E-state index in [-0.39, 0.29) is 5.97 Å². The Labute approximate surface area is 222 Å². The Kier molecular flexibility index (Phi) is 6.83. The molecule has 5 aromatic rings. The summed E-state index contributed by atoms with van der Waals surface area (Å²) in [5.74, 6) is 0.838. The molecule has 5 nitrogen and oxygen atoms in total. The minimum atomic E-state index is -0.362. The Morgan fingerprint density at radius 1 is 0.763 bits per heavy atom. The van der Waals surface area contributed by atoms with Crippen LogP contribution in [0, 0.1) is 0 Å². The normalized spacial score (nSPS) is 13.2. The van der Waals surface area contributed by atoms with Crippen LogP contribution in [0.25, 0.3) is 10.9 Å². The van der Waals surface area contributed by atoms with Crippen LogP contribution in [0.4, 0.5) is 0 Å². The van der Waals surface area contributed by atoms with Gasteiger partial charge in [0.05, 0.1) is 11.1 Å². The Morgan fingerprint density at radius 3 is 2.18 bits per heavy atom. The van der Waals surface area contributed by atoms with Crippen molar-refractivity contribution in [2.45, 2.75) is 26.1 Å². The molecule has 0 spiro atoms. The predicted molar refractivity (Wildman–Crippen MR) is 148 cm³/mol. The number of nitrogens with zero attached hydrogens (tertiary/aromatic N) is 2. The first-order valence-corrected chi connectivity index (χ1v) is 12.9. The maximum Gasteiger partial charge on any atom is 0.344 e. The minimum absolute atomic E-state index is 0.362. The molecule has 1 aliphatic rings. The summed E-state index contributed by atoms with van der Waals surface area (Å²) in [5, 5.41) is 0.820. The smallest absolute Gasteiger partial charge is 0.344 e. The lowest BCUT2D eigenvalue weighted by molar-refractivity contribution is 0.0733. The highest BCUT2D eigenvalue weighted by Gasteiger charge is 2.27. The molecule has 0 amide bonds. The molecular formula is C33H28N2O3. The number of hydrogen-bond donors (Lipinski definition) is 0. The second-order valence-electron chi connectivity index (χ2n) is 9.51. The number of benzene rings is 4. The number of carbonyl (C=O) groups excluding carboxylic acids is 1. The maximum atomic E-state index is 13.7. The lowest BCUT2D eigenvalue weighted by Crippen LogP contribution is -2.32. The fourth-order valence-electron chi connectivity index (χ4n) is 4.96. The van der Waals surface area contributed by atoms with Gasteiger partial charge in [-0.15, -0.1) is 0 Å². The van der Waals surface area contributed by atoms with Gasteiger partial charge in [0.15, 0.2) is 0 Å². The summed E-state index contributed by atoms with van der Waals surface area (Å²) in [5.41, 5.74) is 5.71. The molecule has 188 valence electrons. The Hall–Kier alpha value is -4.48. The average molecular weight is 501 g/mol. The molecule has 6 rings (SSSR count). The molecule has 0 aliphatic carbocycles. The molecule has 4 aromatic carbocycles. The summed E-state index contributed by atoms with van der Waals surface area (Å²) in [6, 6.07) is 35.4. The van der Waals surface area contributed by atoms with Gasteiger partial charge in [-0.2, -0.15) is 0 Å². The van der Waals surface area contributed by atoms with Crippen LogP contribution in [0.3, 0.4) is 0 Å². The number of para-hydroxylation sites is 1. The predicted octanol–water partition coefficient (Wildman–Crippen LogP) is 6.59. The highest BCUT2D eigenvalue weighted by atomic mass is 16.5. The molecule has 1 aromatic heterocycles. The Balaban J connectivity index is 1.23. The summed E-state index contributed by atoms with van der Waals surface area (Å²) < 4.78 is 11.8. The quantitative estimate of drug-likeness (QED) is 0.186. The molecule has 1 aliphatic heterocycles. The highest BCUT2D eigenvalue weighted by Crippen LogP contribution is 2.30. The zero-order valence-electron chi connectivity index (χ0n) is 21.0. The van der Waals surface area contributed by atoms with Crippen LogP contribution in [-0.2, 0) is 26.1 Å². The zero-order chi connectivity index (χ0) is 25.7. The average Bonchev–Trinajstić information content (AvgIpc) is 2.96. The molecule has 0 bridgehead atoms. The summed E-state index contributed by atoms with van der Waals surface area (Å²) in [4.78, 5) is 20.9. The monoisotopic (exact) mass is 500 g/mol. The van der Waals surface area contributed by atoms with Gasteiger partial charge in [-0.1, -0.05) is 78.9 Å². The van der Waals surface area contributed by atoms with Gasteiger partial charge in [-0.25, -0.2) is 4.79 Å². The van der Waals surface area contributed by atoms with Crippen LogP contribution in [0.5, 0.6) is 11.5 Å². The van der Waals surface area contributed by atoms with E-state index in [2.05, 4.69) is 29.2 Å². The van der Waals surface area contributed by atoms with E-state index in [0.29, 0.717) is 24.5 Å². The van der Waals surface area contributed by atoms with E-state index in [9.17, 15) is 4.79 Å². The van der Waals surface area contributed by atoms with Gasteiger partial charge in [-0.05, 0) is 41.5 Å². The number of pyridine rings is 1. The van der Waals surface area contributed by atoms with Crippen LogP contribution in [0.2, 0.25) is 0 Å². The highest BCUT2D eigenvalue weighted by molar-refractivity contribution is 6.05. The summed E-state index contributed by atoms with van der Waals surface area (Å²) in [7, 11) is 0. The van der Waals surface area contributed by atoms with Crippen molar-refractivity contribution in [1.82, 2.24) is 9.88 Å². The number of rotatable bonds is 7. The standard InChI is InChI=1S/C33H28N2O3/c36-33(38-27-17-15-26(16-18-27)37-23-25-11-5-2-6-12-25)32-28-13-7-8-14-30(28)34-31-19-20-35(22-29(31)32)21-24-9-3-1-4-10-24/h1-18H,19-23H2. The van der Waals surface area contributed by atoms with E-state index in [1.54, 1.807) is 12.1 Å². The fraction of sp³-hybridized carbons (Fsp3) is 0.152. The van der Waals surface area contributed by atoms with Gasteiger partial charge in [0, 0.05) is 42.7 Å². The van der Waals surface area contributed by atoms with E-state index in [1.165, 1.54) is 5.56 Å². The van der Waals surface area contributed by atoms with E-state index in [1.807, 2.05) is 72.8 Å². The number of carbonyl (C=O) groups is 1. The van der Waals surface area contributed by atoms with Crippen molar-refractivity contribution in [3.05, 3.63) is 137 Å². The van der Waals surface area contributed by atoms with Crippen LogP contribution < -0.4 is 9.47 Å². The lowest BCUT2D eigenvalue weighted by atomic mass is 9.95. The molecule has 0 atom stereocenters. The van der Waals surface area contributed by atoms with E-state index >= 15 is 0 Å². The molecule has 0 fully saturated rings. The molecule has 5 heteroatoms. The number of hydrogen-bond acceptors (Lipinski definition) is 5. The van der Waals surface area contributed by atoms with E-state index < -0.39 is 0 Å². The van der Waals surface area contributed by atoms with Crippen molar-refractivity contribution < 1.29 is 14.3 Å². The number of esters is 1. The third-order valence-corrected chi connectivity index (χ3v) is 6.86. The minimum Gasteiger partial charge on any atom is -0.489 e. The Bertz CT molecular complexity index is 1550. The van der Waals surface area contributed by atoms with Crippen LogP contribution in [0.1, 0.15) is 32.7 Å². The lowest BCUT2D eigenvalue weighted by Gasteiger charge is -2.30. The third-order valence-electron chi connectivity index (χ3n) is 6.86. The Morgan fingerprint density at radius 2 is 1.42 bits per heavy atom. The van der Waals surface area contributed by atoms with Crippen molar-refractivity contribution in [2.24, 2.45) is 0 Å². The second kappa shape index (κ2) is 10.9. The molecule has 0 saturated heterocycles. The first-order chi connectivity index (χ1) is 18.7.